The predicted octanol–water partition coefficient (Wildman–Crippen LogP) is 1.98. The highest BCUT2D eigenvalue weighted by molar-refractivity contribution is 5.78. The van der Waals surface area contributed by atoms with E-state index in [9.17, 15) is 4.79 Å². The van der Waals surface area contributed by atoms with Crippen LogP contribution in [0.1, 0.15) is 69.7 Å². The van der Waals surface area contributed by atoms with Gasteiger partial charge in [0.25, 0.3) is 0 Å². The number of nitrogens with zero attached hydrogens (tertiary/aromatic N) is 4. The first-order chi connectivity index (χ1) is 9.84. The van der Waals surface area contributed by atoms with Gasteiger partial charge in [-0.15, -0.1) is 5.10 Å². The van der Waals surface area contributed by atoms with Crippen molar-refractivity contribution in [2.24, 2.45) is 5.92 Å². The maximum atomic E-state index is 12.1. The van der Waals surface area contributed by atoms with Gasteiger partial charge in [-0.25, -0.2) is 4.68 Å². The third-order valence-corrected chi connectivity index (χ3v) is 4.63. The second kappa shape index (κ2) is 6.33. The molecule has 6 nitrogen and oxygen atoms in total. The van der Waals surface area contributed by atoms with E-state index in [1.807, 2.05) is 4.68 Å². The van der Waals surface area contributed by atoms with Crippen LogP contribution in [0.4, 0.5) is 0 Å². The molecule has 110 valence electrons. The molecule has 0 saturated heterocycles. The summed E-state index contributed by atoms with van der Waals surface area (Å²) in [7, 11) is 0. The number of amides is 1. The van der Waals surface area contributed by atoms with Gasteiger partial charge < -0.3 is 5.32 Å². The van der Waals surface area contributed by atoms with Crippen molar-refractivity contribution in [1.82, 2.24) is 25.5 Å². The van der Waals surface area contributed by atoms with Gasteiger partial charge in [-0.3, -0.25) is 4.79 Å². The standard InChI is InChI=1S/C14H23N5O/c20-14(11-6-2-1-3-7-11)15-10-13-16-17-18-19(13)12-8-4-5-9-12/h11-12H,1-10H2,(H,15,20). The van der Waals surface area contributed by atoms with Gasteiger partial charge >= 0.3 is 0 Å². The minimum Gasteiger partial charge on any atom is -0.348 e. The average Bonchev–Trinajstić information content (AvgIpc) is 3.16. The first kappa shape index (κ1) is 13.5. The number of carbonyl (C=O) groups is 1. The Morgan fingerprint density at radius 3 is 2.55 bits per heavy atom. The van der Waals surface area contributed by atoms with Gasteiger partial charge in [0, 0.05) is 5.92 Å². The zero-order chi connectivity index (χ0) is 13.8. The number of rotatable bonds is 4. The Kier molecular flexibility index (Phi) is 4.28. The van der Waals surface area contributed by atoms with E-state index >= 15 is 0 Å². The molecular weight excluding hydrogens is 254 g/mol. The van der Waals surface area contributed by atoms with Crippen LogP contribution < -0.4 is 5.32 Å². The zero-order valence-corrected chi connectivity index (χ0v) is 11.9. The van der Waals surface area contributed by atoms with E-state index in [-0.39, 0.29) is 11.8 Å². The summed E-state index contributed by atoms with van der Waals surface area (Å²) < 4.78 is 1.91. The van der Waals surface area contributed by atoms with Gasteiger partial charge in [0.2, 0.25) is 5.91 Å². The van der Waals surface area contributed by atoms with E-state index in [0.29, 0.717) is 12.6 Å². The van der Waals surface area contributed by atoms with E-state index in [0.717, 1.165) is 31.5 Å². The van der Waals surface area contributed by atoms with Crippen LogP contribution in [-0.4, -0.2) is 26.1 Å². The van der Waals surface area contributed by atoms with E-state index in [1.54, 1.807) is 0 Å². The molecule has 0 atom stereocenters. The van der Waals surface area contributed by atoms with Crippen molar-refractivity contribution < 1.29 is 4.79 Å². The highest BCUT2D eigenvalue weighted by Gasteiger charge is 2.23. The summed E-state index contributed by atoms with van der Waals surface area (Å²) >= 11 is 0. The normalized spacial score (nSPS) is 21.2. The quantitative estimate of drug-likeness (QED) is 0.913. The summed E-state index contributed by atoms with van der Waals surface area (Å²) in [4.78, 5) is 12.1. The molecule has 0 radical (unpaired) electrons. The Bertz CT molecular complexity index is 446. The first-order valence-corrected chi connectivity index (χ1v) is 7.89. The van der Waals surface area contributed by atoms with Crippen molar-refractivity contribution in [1.29, 1.82) is 0 Å². The molecule has 0 bridgehead atoms. The molecule has 0 spiro atoms. The van der Waals surface area contributed by atoms with Gasteiger partial charge in [-0.2, -0.15) is 0 Å². The molecule has 1 N–H and O–H groups in total. The summed E-state index contributed by atoms with van der Waals surface area (Å²) in [6.45, 7) is 0.457. The van der Waals surface area contributed by atoms with Crippen LogP contribution in [0, 0.1) is 5.92 Å². The fourth-order valence-electron chi connectivity index (χ4n) is 3.44. The number of nitrogens with one attached hydrogen (secondary N) is 1. The maximum absolute atomic E-state index is 12.1. The second-order valence-corrected chi connectivity index (χ2v) is 6.03. The van der Waals surface area contributed by atoms with Crippen molar-refractivity contribution in [3.63, 3.8) is 0 Å². The van der Waals surface area contributed by atoms with E-state index < -0.39 is 0 Å². The number of aromatic nitrogens is 4. The molecular formula is C14H23N5O. The molecule has 2 saturated carbocycles. The largest absolute Gasteiger partial charge is 0.348 e. The van der Waals surface area contributed by atoms with Crippen LogP contribution in [0.3, 0.4) is 0 Å². The molecule has 1 amide bonds. The second-order valence-electron chi connectivity index (χ2n) is 6.03. The van der Waals surface area contributed by atoms with Crippen LogP contribution in [0.25, 0.3) is 0 Å². The molecule has 1 heterocycles. The molecule has 6 heteroatoms. The maximum Gasteiger partial charge on any atom is 0.223 e. The van der Waals surface area contributed by atoms with Crippen LogP contribution in [0.5, 0.6) is 0 Å². The molecule has 1 aromatic rings. The smallest absolute Gasteiger partial charge is 0.223 e. The van der Waals surface area contributed by atoms with Gasteiger partial charge in [-0.1, -0.05) is 32.1 Å². The monoisotopic (exact) mass is 277 g/mol. The SMILES string of the molecule is O=C(NCc1nnnn1C1CCCC1)C1CCCCC1. The highest BCUT2D eigenvalue weighted by atomic mass is 16.1. The van der Waals surface area contributed by atoms with Crippen molar-refractivity contribution in [2.75, 3.05) is 0 Å². The molecule has 20 heavy (non-hydrogen) atoms. The minimum atomic E-state index is 0.172. The summed E-state index contributed by atoms with van der Waals surface area (Å²) in [5.41, 5.74) is 0. The number of carbonyl (C=O) groups excluding carboxylic acids is 1. The molecule has 2 aliphatic rings. The molecule has 2 fully saturated rings. The fraction of sp³-hybridized carbons (Fsp3) is 0.857. The lowest BCUT2D eigenvalue weighted by atomic mass is 9.89. The van der Waals surface area contributed by atoms with Crippen LogP contribution in [0.2, 0.25) is 0 Å². The summed E-state index contributed by atoms with van der Waals surface area (Å²) in [5.74, 6) is 1.16. The lowest BCUT2D eigenvalue weighted by Gasteiger charge is -2.20. The van der Waals surface area contributed by atoms with Crippen molar-refractivity contribution in [3.05, 3.63) is 5.82 Å². The van der Waals surface area contributed by atoms with Gasteiger partial charge in [-0.05, 0) is 36.1 Å². The van der Waals surface area contributed by atoms with Crippen LogP contribution in [-0.2, 0) is 11.3 Å². The third kappa shape index (κ3) is 2.99. The Balaban J connectivity index is 1.55. The van der Waals surface area contributed by atoms with E-state index in [1.165, 1.54) is 32.1 Å². The third-order valence-electron chi connectivity index (χ3n) is 4.63. The number of hydrogen-bond acceptors (Lipinski definition) is 4. The highest BCUT2D eigenvalue weighted by Crippen LogP contribution is 2.29. The van der Waals surface area contributed by atoms with Gasteiger partial charge in [0.05, 0.1) is 12.6 Å². The minimum absolute atomic E-state index is 0.172. The summed E-state index contributed by atoms with van der Waals surface area (Å²) in [5, 5.41) is 14.9. The predicted molar refractivity (Wildman–Crippen MR) is 73.7 cm³/mol. The molecule has 0 aromatic carbocycles. The Hall–Kier alpha value is -1.46. The first-order valence-electron chi connectivity index (χ1n) is 7.89. The average molecular weight is 277 g/mol. The Morgan fingerprint density at radius 1 is 1.10 bits per heavy atom. The molecule has 2 aliphatic carbocycles. The molecule has 3 rings (SSSR count). The lowest BCUT2D eigenvalue weighted by Crippen LogP contribution is -2.32. The molecule has 0 aliphatic heterocycles. The molecule has 0 unspecified atom stereocenters. The Labute approximate surface area is 119 Å². The van der Waals surface area contributed by atoms with E-state index in [4.69, 9.17) is 0 Å². The summed E-state index contributed by atoms with van der Waals surface area (Å²) in [6, 6.07) is 0.423. The fourth-order valence-corrected chi connectivity index (χ4v) is 3.44. The van der Waals surface area contributed by atoms with Gasteiger partial charge in [0.15, 0.2) is 5.82 Å². The summed E-state index contributed by atoms with van der Waals surface area (Å²) in [6.07, 6.45) is 10.5. The molecule has 1 aromatic heterocycles. The van der Waals surface area contributed by atoms with E-state index in [2.05, 4.69) is 20.8 Å². The number of hydrogen-bond donors (Lipinski definition) is 1. The van der Waals surface area contributed by atoms with Crippen LogP contribution in [0.15, 0.2) is 0 Å². The van der Waals surface area contributed by atoms with Crippen LogP contribution >= 0.6 is 0 Å². The van der Waals surface area contributed by atoms with Crippen molar-refractivity contribution in [3.8, 4) is 0 Å². The van der Waals surface area contributed by atoms with Gasteiger partial charge in [0.1, 0.15) is 0 Å². The topological polar surface area (TPSA) is 72.7 Å². The lowest BCUT2D eigenvalue weighted by molar-refractivity contribution is -0.126. The Morgan fingerprint density at radius 2 is 1.80 bits per heavy atom. The number of tetrazole rings is 1. The zero-order valence-electron chi connectivity index (χ0n) is 11.9. The van der Waals surface area contributed by atoms with Crippen molar-refractivity contribution in [2.45, 2.75) is 70.4 Å². The van der Waals surface area contributed by atoms with Crippen molar-refractivity contribution >= 4 is 5.91 Å².